The molecule has 3 aromatic carbocycles. The van der Waals surface area contributed by atoms with Gasteiger partial charge in [-0.15, -0.1) is 10.2 Å². The first-order chi connectivity index (χ1) is 15.6. The molecule has 2 heterocycles. The molecule has 160 valence electrons. The van der Waals surface area contributed by atoms with Crippen LogP contribution >= 0.6 is 0 Å². The number of nitrogens with zero attached hydrogens (tertiary/aromatic N) is 4. The molecule has 0 unspecified atom stereocenters. The molecular formula is C24H20FN5O2. The zero-order chi connectivity index (χ0) is 22.1. The summed E-state index contributed by atoms with van der Waals surface area (Å²) >= 11 is 0. The third-order valence-corrected chi connectivity index (χ3v) is 5.30. The Bertz CT molecular complexity index is 1470. The Morgan fingerprint density at radius 1 is 1.00 bits per heavy atom. The summed E-state index contributed by atoms with van der Waals surface area (Å²) in [4.78, 5) is 12.6. The summed E-state index contributed by atoms with van der Waals surface area (Å²) in [6.07, 6.45) is 0. The van der Waals surface area contributed by atoms with Crippen LogP contribution in [0, 0.1) is 5.82 Å². The van der Waals surface area contributed by atoms with Gasteiger partial charge in [-0.25, -0.2) is 4.39 Å². The van der Waals surface area contributed by atoms with E-state index in [2.05, 4.69) is 15.5 Å². The highest BCUT2D eigenvalue weighted by molar-refractivity contribution is 5.80. The number of hydrogen-bond donors (Lipinski definition) is 1. The van der Waals surface area contributed by atoms with Crippen molar-refractivity contribution in [2.45, 2.75) is 13.2 Å². The van der Waals surface area contributed by atoms with E-state index in [0.717, 1.165) is 16.8 Å². The van der Waals surface area contributed by atoms with Gasteiger partial charge in [0, 0.05) is 18.8 Å². The Labute approximate surface area is 182 Å². The minimum atomic E-state index is -0.270. The fourth-order valence-corrected chi connectivity index (χ4v) is 3.63. The van der Waals surface area contributed by atoms with Crippen molar-refractivity contribution in [1.82, 2.24) is 19.2 Å². The van der Waals surface area contributed by atoms with Crippen molar-refractivity contribution in [2.24, 2.45) is 7.05 Å². The maximum absolute atomic E-state index is 13.1. The number of para-hydroxylation sites is 1. The van der Waals surface area contributed by atoms with Gasteiger partial charge in [-0.2, -0.15) is 0 Å². The predicted octanol–water partition coefficient (Wildman–Crippen LogP) is 3.91. The highest BCUT2D eigenvalue weighted by Crippen LogP contribution is 2.20. The normalized spacial score (nSPS) is 11.2. The number of aryl methyl sites for hydroxylation is 1. The Balaban J connectivity index is 1.36. The van der Waals surface area contributed by atoms with E-state index >= 15 is 0 Å². The summed E-state index contributed by atoms with van der Waals surface area (Å²) in [5.74, 6) is 1.60. The highest BCUT2D eigenvalue weighted by Gasteiger charge is 2.14. The molecule has 1 N–H and O–H groups in total. The van der Waals surface area contributed by atoms with Gasteiger partial charge in [0.05, 0.1) is 17.4 Å². The van der Waals surface area contributed by atoms with Gasteiger partial charge in [0.15, 0.2) is 5.82 Å². The van der Waals surface area contributed by atoms with E-state index in [1.54, 1.807) is 25.2 Å². The molecule has 2 aromatic heterocycles. The van der Waals surface area contributed by atoms with Gasteiger partial charge in [0.2, 0.25) is 5.78 Å². The standard InChI is InChI=1S/C24H20FN5O2/c1-29-23(31)20-7-2-3-8-21(20)30-22(27-28-24(29)30)14-26-18-5-4-6-19(13-18)32-15-16-9-11-17(25)12-10-16/h2-13,26H,14-15H2,1H3. The van der Waals surface area contributed by atoms with Crippen molar-refractivity contribution < 1.29 is 9.13 Å². The van der Waals surface area contributed by atoms with Crippen LogP contribution in [0.2, 0.25) is 0 Å². The van der Waals surface area contributed by atoms with E-state index in [1.807, 2.05) is 46.9 Å². The molecule has 0 spiro atoms. The molecule has 7 nitrogen and oxygen atoms in total. The van der Waals surface area contributed by atoms with E-state index in [1.165, 1.54) is 16.7 Å². The lowest BCUT2D eigenvalue weighted by Crippen LogP contribution is -2.20. The van der Waals surface area contributed by atoms with Crippen LogP contribution < -0.4 is 15.6 Å². The lowest BCUT2D eigenvalue weighted by Gasteiger charge is -2.11. The fraction of sp³-hybridized carbons (Fsp3) is 0.125. The summed E-state index contributed by atoms with van der Waals surface area (Å²) in [6, 6.07) is 21.2. The van der Waals surface area contributed by atoms with Crippen molar-refractivity contribution in [3.05, 3.63) is 100 Å². The number of halogens is 1. The lowest BCUT2D eigenvalue weighted by molar-refractivity contribution is 0.306. The van der Waals surface area contributed by atoms with Crippen LogP contribution in [0.25, 0.3) is 16.7 Å². The molecule has 0 aliphatic rings. The monoisotopic (exact) mass is 429 g/mol. The molecule has 0 fully saturated rings. The SMILES string of the molecule is Cn1c(=O)c2ccccc2n2c(CNc3cccc(OCc4ccc(F)cc4)c3)nnc12. The Kier molecular flexibility index (Phi) is 5.03. The number of hydrogen-bond acceptors (Lipinski definition) is 5. The smallest absolute Gasteiger partial charge is 0.262 e. The van der Waals surface area contributed by atoms with Gasteiger partial charge in [-0.1, -0.05) is 30.3 Å². The largest absolute Gasteiger partial charge is 0.489 e. The van der Waals surface area contributed by atoms with Gasteiger partial charge >= 0.3 is 0 Å². The fourth-order valence-electron chi connectivity index (χ4n) is 3.63. The Morgan fingerprint density at radius 3 is 2.66 bits per heavy atom. The molecule has 0 bridgehead atoms. The first-order valence-electron chi connectivity index (χ1n) is 10.1. The molecule has 0 amide bonds. The molecule has 0 saturated heterocycles. The molecular weight excluding hydrogens is 409 g/mol. The van der Waals surface area contributed by atoms with Crippen LogP contribution in [0.1, 0.15) is 11.4 Å². The number of aromatic nitrogens is 4. The van der Waals surface area contributed by atoms with Crippen LogP contribution in [-0.4, -0.2) is 19.2 Å². The van der Waals surface area contributed by atoms with Crippen LogP contribution in [-0.2, 0) is 20.2 Å². The average molecular weight is 429 g/mol. The van der Waals surface area contributed by atoms with E-state index in [4.69, 9.17) is 4.74 Å². The third-order valence-electron chi connectivity index (χ3n) is 5.30. The molecule has 0 atom stereocenters. The van der Waals surface area contributed by atoms with Crippen LogP contribution in [0.3, 0.4) is 0 Å². The van der Waals surface area contributed by atoms with E-state index < -0.39 is 0 Å². The second-order valence-corrected chi connectivity index (χ2v) is 7.43. The second kappa shape index (κ2) is 8.14. The molecule has 8 heteroatoms. The summed E-state index contributed by atoms with van der Waals surface area (Å²) < 4.78 is 22.3. The van der Waals surface area contributed by atoms with Crippen molar-refractivity contribution in [3.63, 3.8) is 0 Å². The van der Waals surface area contributed by atoms with Crippen LogP contribution in [0.4, 0.5) is 10.1 Å². The summed E-state index contributed by atoms with van der Waals surface area (Å²) in [6.45, 7) is 0.753. The van der Waals surface area contributed by atoms with Crippen molar-refractivity contribution in [2.75, 3.05) is 5.32 Å². The first-order valence-corrected chi connectivity index (χ1v) is 10.1. The third kappa shape index (κ3) is 3.66. The zero-order valence-corrected chi connectivity index (χ0v) is 17.3. The van der Waals surface area contributed by atoms with Crippen LogP contribution in [0.5, 0.6) is 5.75 Å². The highest BCUT2D eigenvalue weighted by atomic mass is 19.1. The number of benzene rings is 3. The maximum Gasteiger partial charge on any atom is 0.262 e. The van der Waals surface area contributed by atoms with Crippen molar-refractivity contribution in [1.29, 1.82) is 0 Å². The van der Waals surface area contributed by atoms with E-state index in [-0.39, 0.29) is 11.4 Å². The van der Waals surface area contributed by atoms with Crippen molar-refractivity contribution >= 4 is 22.4 Å². The Hall–Kier alpha value is -4.20. The van der Waals surface area contributed by atoms with Gasteiger partial charge < -0.3 is 10.1 Å². The number of ether oxygens (including phenoxy) is 1. The summed E-state index contributed by atoms with van der Waals surface area (Å²) in [7, 11) is 1.69. The Morgan fingerprint density at radius 2 is 1.81 bits per heavy atom. The topological polar surface area (TPSA) is 73.5 Å². The zero-order valence-electron chi connectivity index (χ0n) is 17.3. The van der Waals surface area contributed by atoms with Gasteiger partial charge in [0.1, 0.15) is 18.2 Å². The molecule has 0 radical (unpaired) electrons. The molecule has 0 saturated carbocycles. The maximum atomic E-state index is 13.1. The van der Waals surface area contributed by atoms with E-state index in [9.17, 15) is 9.18 Å². The van der Waals surface area contributed by atoms with Gasteiger partial charge in [-0.05, 0) is 42.0 Å². The minimum Gasteiger partial charge on any atom is -0.489 e. The summed E-state index contributed by atoms with van der Waals surface area (Å²) in [5.41, 5.74) is 2.40. The number of fused-ring (bicyclic) bond motifs is 3. The van der Waals surface area contributed by atoms with Gasteiger partial charge in [-0.3, -0.25) is 13.8 Å². The molecule has 5 aromatic rings. The minimum absolute atomic E-state index is 0.106. The molecule has 32 heavy (non-hydrogen) atoms. The quantitative estimate of drug-likeness (QED) is 0.443. The molecule has 0 aliphatic carbocycles. The number of anilines is 1. The lowest BCUT2D eigenvalue weighted by atomic mass is 10.2. The van der Waals surface area contributed by atoms with Crippen LogP contribution in [0.15, 0.2) is 77.6 Å². The molecule has 5 rings (SSSR count). The second-order valence-electron chi connectivity index (χ2n) is 7.43. The number of nitrogens with one attached hydrogen (secondary N) is 1. The van der Waals surface area contributed by atoms with E-state index in [0.29, 0.717) is 35.9 Å². The first kappa shape index (κ1) is 19.7. The number of rotatable bonds is 6. The van der Waals surface area contributed by atoms with Gasteiger partial charge in [0.25, 0.3) is 5.56 Å². The summed E-state index contributed by atoms with van der Waals surface area (Å²) in [5, 5.41) is 12.5. The van der Waals surface area contributed by atoms with Crippen molar-refractivity contribution in [3.8, 4) is 5.75 Å². The molecule has 0 aliphatic heterocycles. The predicted molar refractivity (Wildman–Crippen MR) is 120 cm³/mol. The average Bonchev–Trinajstić information content (AvgIpc) is 3.25.